The SMILES string of the molecule is CC1(C(=O)NCC(O)COCC2CC2)CCCc2ccccc21. The van der Waals surface area contributed by atoms with Gasteiger partial charge in [0, 0.05) is 13.2 Å². The Labute approximate surface area is 138 Å². The summed E-state index contributed by atoms with van der Waals surface area (Å²) in [4.78, 5) is 12.7. The van der Waals surface area contributed by atoms with Gasteiger partial charge in [-0.2, -0.15) is 0 Å². The number of hydrogen-bond donors (Lipinski definition) is 2. The minimum Gasteiger partial charge on any atom is -0.389 e. The van der Waals surface area contributed by atoms with E-state index in [0.717, 1.165) is 31.4 Å². The molecule has 4 nitrogen and oxygen atoms in total. The summed E-state index contributed by atoms with van der Waals surface area (Å²) in [5.74, 6) is 0.695. The van der Waals surface area contributed by atoms with E-state index in [1.165, 1.54) is 18.4 Å². The molecule has 0 radical (unpaired) electrons. The van der Waals surface area contributed by atoms with Crippen molar-refractivity contribution in [3.05, 3.63) is 35.4 Å². The molecule has 0 bridgehead atoms. The molecule has 2 aliphatic rings. The number of ether oxygens (including phenoxy) is 1. The molecular formula is C19H27NO3. The summed E-state index contributed by atoms with van der Waals surface area (Å²) >= 11 is 0. The zero-order valence-corrected chi connectivity index (χ0v) is 13.9. The first-order valence-electron chi connectivity index (χ1n) is 8.72. The monoisotopic (exact) mass is 317 g/mol. The molecular weight excluding hydrogens is 290 g/mol. The topological polar surface area (TPSA) is 58.6 Å². The summed E-state index contributed by atoms with van der Waals surface area (Å²) in [5.41, 5.74) is 1.90. The van der Waals surface area contributed by atoms with Crippen LogP contribution in [-0.4, -0.2) is 36.9 Å². The van der Waals surface area contributed by atoms with Crippen molar-refractivity contribution in [2.75, 3.05) is 19.8 Å². The minimum absolute atomic E-state index is 0.00546. The number of benzene rings is 1. The van der Waals surface area contributed by atoms with Gasteiger partial charge in [0.05, 0.1) is 18.1 Å². The van der Waals surface area contributed by atoms with Gasteiger partial charge in [-0.05, 0) is 56.1 Å². The van der Waals surface area contributed by atoms with Gasteiger partial charge in [-0.3, -0.25) is 4.79 Å². The highest BCUT2D eigenvalue weighted by atomic mass is 16.5. The summed E-state index contributed by atoms with van der Waals surface area (Å²) in [6, 6.07) is 8.20. The smallest absolute Gasteiger partial charge is 0.230 e. The predicted molar refractivity (Wildman–Crippen MR) is 89.3 cm³/mol. The van der Waals surface area contributed by atoms with Gasteiger partial charge >= 0.3 is 0 Å². The van der Waals surface area contributed by atoms with Crippen molar-refractivity contribution in [1.82, 2.24) is 5.32 Å². The van der Waals surface area contributed by atoms with Gasteiger partial charge in [0.15, 0.2) is 0 Å². The van der Waals surface area contributed by atoms with Crippen molar-refractivity contribution in [3.63, 3.8) is 0 Å². The number of carbonyl (C=O) groups is 1. The number of aryl methyl sites for hydroxylation is 1. The van der Waals surface area contributed by atoms with Crippen LogP contribution < -0.4 is 5.32 Å². The molecule has 23 heavy (non-hydrogen) atoms. The van der Waals surface area contributed by atoms with Gasteiger partial charge < -0.3 is 15.2 Å². The molecule has 2 N–H and O–H groups in total. The first-order chi connectivity index (χ1) is 11.1. The Balaban J connectivity index is 1.53. The van der Waals surface area contributed by atoms with Gasteiger partial charge in [-0.25, -0.2) is 0 Å². The maximum absolute atomic E-state index is 12.7. The first-order valence-corrected chi connectivity index (χ1v) is 8.72. The fourth-order valence-corrected chi connectivity index (χ4v) is 3.40. The molecule has 0 saturated heterocycles. The summed E-state index contributed by atoms with van der Waals surface area (Å²) in [6.07, 6.45) is 4.75. The van der Waals surface area contributed by atoms with Crippen LogP contribution in [0.1, 0.15) is 43.7 Å². The van der Waals surface area contributed by atoms with Crippen LogP contribution in [0.25, 0.3) is 0 Å². The molecule has 1 amide bonds. The highest BCUT2D eigenvalue weighted by molar-refractivity contribution is 5.88. The third-order valence-electron chi connectivity index (χ3n) is 5.09. The quantitative estimate of drug-likeness (QED) is 0.810. The molecule has 2 atom stereocenters. The molecule has 0 aliphatic heterocycles. The number of hydrogen-bond acceptors (Lipinski definition) is 3. The van der Waals surface area contributed by atoms with Crippen molar-refractivity contribution >= 4 is 5.91 Å². The molecule has 2 unspecified atom stereocenters. The molecule has 126 valence electrons. The Morgan fingerprint density at radius 1 is 1.43 bits per heavy atom. The van der Waals surface area contributed by atoms with Crippen LogP contribution in [0, 0.1) is 5.92 Å². The lowest BCUT2D eigenvalue weighted by Crippen LogP contribution is -2.47. The zero-order chi connectivity index (χ0) is 16.3. The second-order valence-electron chi connectivity index (χ2n) is 7.19. The third-order valence-corrected chi connectivity index (χ3v) is 5.09. The molecule has 1 saturated carbocycles. The molecule has 2 aliphatic carbocycles. The number of fused-ring (bicyclic) bond motifs is 1. The highest BCUT2D eigenvalue weighted by Crippen LogP contribution is 2.37. The van der Waals surface area contributed by atoms with Crippen LogP contribution in [0.2, 0.25) is 0 Å². The Bertz CT molecular complexity index is 555. The average molecular weight is 317 g/mol. The highest BCUT2D eigenvalue weighted by Gasteiger charge is 2.38. The molecule has 0 heterocycles. The Kier molecular flexibility index (Phi) is 5.02. The van der Waals surface area contributed by atoms with E-state index in [1.54, 1.807) is 0 Å². The average Bonchev–Trinajstić information content (AvgIpc) is 3.37. The Hall–Kier alpha value is -1.39. The van der Waals surface area contributed by atoms with E-state index < -0.39 is 11.5 Å². The summed E-state index contributed by atoms with van der Waals surface area (Å²) in [6.45, 7) is 3.29. The van der Waals surface area contributed by atoms with Crippen LogP contribution in [0.15, 0.2) is 24.3 Å². The van der Waals surface area contributed by atoms with Crippen LogP contribution >= 0.6 is 0 Å². The van der Waals surface area contributed by atoms with E-state index in [2.05, 4.69) is 17.4 Å². The molecule has 3 rings (SSSR count). The number of rotatable bonds is 7. The predicted octanol–water partition coefficient (Wildman–Crippen LogP) is 2.18. The zero-order valence-electron chi connectivity index (χ0n) is 13.9. The molecule has 1 aromatic rings. The number of aliphatic hydroxyl groups is 1. The number of aliphatic hydroxyl groups excluding tert-OH is 1. The second kappa shape index (κ2) is 7.02. The normalized spacial score (nSPS) is 24.8. The van der Waals surface area contributed by atoms with Crippen LogP contribution in [0.3, 0.4) is 0 Å². The van der Waals surface area contributed by atoms with Crippen LogP contribution in [-0.2, 0) is 21.4 Å². The standard InChI is InChI=1S/C19H27NO3/c1-19(10-4-6-15-5-2-3-7-17(15)19)18(22)20-11-16(21)13-23-12-14-8-9-14/h2-3,5,7,14,16,21H,4,6,8-13H2,1H3,(H,20,22). The maximum atomic E-state index is 12.7. The summed E-state index contributed by atoms with van der Waals surface area (Å²) < 4.78 is 5.48. The Morgan fingerprint density at radius 3 is 3.00 bits per heavy atom. The summed E-state index contributed by atoms with van der Waals surface area (Å²) in [7, 11) is 0. The van der Waals surface area contributed by atoms with E-state index in [9.17, 15) is 9.90 Å². The molecule has 1 fully saturated rings. The number of nitrogens with one attached hydrogen (secondary N) is 1. The van der Waals surface area contributed by atoms with Gasteiger partial charge in [0.1, 0.15) is 0 Å². The third kappa shape index (κ3) is 3.93. The van der Waals surface area contributed by atoms with Crippen molar-refractivity contribution in [1.29, 1.82) is 0 Å². The van der Waals surface area contributed by atoms with E-state index >= 15 is 0 Å². The van der Waals surface area contributed by atoms with Crippen molar-refractivity contribution in [2.45, 2.75) is 50.5 Å². The molecule has 1 aromatic carbocycles. The lowest BCUT2D eigenvalue weighted by Gasteiger charge is -2.34. The first kappa shape index (κ1) is 16.5. The van der Waals surface area contributed by atoms with Gasteiger partial charge in [-0.15, -0.1) is 0 Å². The second-order valence-corrected chi connectivity index (χ2v) is 7.19. The van der Waals surface area contributed by atoms with E-state index in [4.69, 9.17) is 4.74 Å². The Morgan fingerprint density at radius 2 is 2.22 bits per heavy atom. The van der Waals surface area contributed by atoms with Crippen LogP contribution in [0.4, 0.5) is 0 Å². The fraction of sp³-hybridized carbons (Fsp3) is 0.632. The van der Waals surface area contributed by atoms with E-state index in [0.29, 0.717) is 12.5 Å². The lowest BCUT2D eigenvalue weighted by atomic mass is 9.70. The minimum atomic E-state index is -0.639. The fourth-order valence-electron chi connectivity index (χ4n) is 3.40. The van der Waals surface area contributed by atoms with Gasteiger partial charge in [0.25, 0.3) is 0 Å². The molecule has 0 spiro atoms. The van der Waals surface area contributed by atoms with Crippen molar-refractivity contribution in [2.24, 2.45) is 5.92 Å². The number of amides is 1. The van der Waals surface area contributed by atoms with Crippen molar-refractivity contribution in [3.8, 4) is 0 Å². The summed E-state index contributed by atoms with van der Waals surface area (Å²) in [5, 5.41) is 12.9. The van der Waals surface area contributed by atoms with Crippen molar-refractivity contribution < 1.29 is 14.6 Å². The van der Waals surface area contributed by atoms with E-state index in [1.807, 2.05) is 19.1 Å². The largest absolute Gasteiger partial charge is 0.389 e. The number of carbonyl (C=O) groups excluding carboxylic acids is 1. The molecule has 4 heteroatoms. The lowest BCUT2D eigenvalue weighted by molar-refractivity contribution is -0.127. The van der Waals surface area contributed by atoms with Gasteiger partial charge in [0.2, 0.25) is 5.91 Å². The maximum Gasteiger partial charge on any atom is 0.230 e. The molecule has 0 aromatic heterocycles. The van der Waals surface area contributed by atoms with Gasteiger partial charge in [-0.1, -0.05) is 24.3 Å². The van der Waals surface area contributed by atoms with Crippen LogP contribution in [0.5, 0.6) is 0 Å². The van der Waals surface area contributed by atoms with E-state index in [-0.39, 0.29) is 12.5 Å².